The number of rotatable bonds is 6. The lowest BCUT2D eigenvalue weighted by Crippen LogP contribution is -2.41. The van der Waals surface area contributed by atoms with Crippen molar-refractivity contribution in [2.45, 2.75) is 25.3 Å². The summed E-state index contributed by atoms with van der Waals surface area (Å²) in [5, 5.41) is 13.3. The van der Waals surface area contributed by atoms with Gasteiger partial charge in [0.15, 0.2) is 0 Å². The Morgan fingerprint density at radius 3 is 2.81 bits per heavy atom. The van der Waals surface area contributed by atoms with Crippen molar-refractivity contribution in [1.29, 1.82) is 0 Å². The number of carbonyl (C=O) groups excluding carboxylic acids is 1. The number of hydrogen-bond acceptors (Lipinski definition) is 4. The third-order valence-electron chi connectivity index (χ3n) is 2.65. The minimum absolute atomic E-state index is 0.0330. The number of amides is 1. The molecule has 1 rings (SSSR count). The Morgan fingerprint density at radius 1 is 1.56 bits per heavy atom. The van der Waals surface area contributed by atoms with Gasteiger partial charge in [0.25, 0.3) is 0 Å². The molecule has 0 aliphatic carbocycles. The molecule has 1 atom stereocenters. The van der Waals surface area contributed by atoms with Crippen molar-refractivity contribution in [3.8, 4) is 0 Å². The van der Waals surface area contributed by atoms with Gasteiger partial charge in [0.2, 0.25) is 5.91 Å². The fraction of sp³-hybridized carbons (Fsp3) is 0.700. The molecule has 90 valence electrons. The van der Waals surface area contributed by atoms with Gasteiger partial charge in [-0.05, 0) is 26.3 Å². The van der Waals surface area contributed by atoms with E-state index in [4.69, 9.17) is 0 Å². The quantitative estimate of drug-likeness (QED) is 0.683. The topological polar surface area (TPSA) is 71.8 Å². The number of likely N-dealkylation sites (N-methyl/N-ethyl adjacent to an activating group) is 2. The summed E-state index contributed by atoms with van der Waals surface area (Å²) >= 11 is 0. The van der Waals surface area contributed by atoms with E-state index in [1.165, 1.54) is 0 Å². The first-order chi connectivity index (χ1) is 7.69. The lowest BCUT2D eigenvalue weighted by molar-refractivity contribution is -0.122. The molecule has 6 heteroatoms. The van der Waals surface area contributed by atoms with Gasteiger partial charge in [-0.2, -0.15) is 0 Å². The van der Waals surface area contributed by atoms with Gasteiger partial charge in [-0.1, -0.05) is 5.21 Å². The summed E-state index contributed by atoms with van der Waals surface area (Å²) in [6.07, 6.45) is 4.38. The van der Waals surface area contributed by atoms with Crippen LogP contribution in [0.2, 0.25) is 0 Å². The van der Waals surface area contributed by atoms with E-state index in [-0.39, 0.29) is 11.9 Å². The van der Waals surface area contributed by atoms with Crippen LogP contribution in [0.5, 0.6) is 0 Å². The van der Waals surface area contributed by atoms with E-state index in [1.54, 1.807) is 25.0 Å². The van der Waals surface area contributed by atoms with Crippen LogP contribution < -0.4 is 10.6 Å². The fourth-order valence-corrected chi connectivity index (χ4v) is 1.61. The average molecular weight is 225 g/mol. The van der Waals surface area contributed by atoms with Gasteiger partial charge in [0.1, 0.15) is 0 Å². The summed E-state index contributed by atoms with van der Waals surface area (Å²) in [7, 11) is 5.32. The highest BCUT2D eigenvalue weighted by atomic mass is 16.2. The molecule has 0 spiro atoms. The Balaban J connectivity index is 2.34. The molecule has 1 aromatic rings. The normalized spacial score (nSPS) is 12.4. The predicted molar refractivity (Wildman–Crippen MR) is 60.9 cm³/mol. The smallest absolute Gasteiger partial charge is 0.236 e. The number of nitrogens with one attached hydrogen (secondary N) is 2. The first-order valence-electron chi connectivity index (χ1n) is 5.41. The summed E-state index contributed by atoms with van der Waals surface area (Å²) in [6, 6.07) is -0.119. The largest absolute Gasteiger partial charge is 0.358 e. The van der Waals surface area contributed by atoms with Gasteiger partial charge in [-0.15, -0.1) is 5.10 Å². The lowest BCUT2D eigenvalue weighted by atomic mass is 10.1. The van der Waals surface area contributed by atoms with Crippen molar-refractivity contribution in [2.75, 3.05) is 14.1 Å². The highest BCUT2D eigenvalue weighted by molar-refractivity contribution is 5.81. The molecular weight excluding hydrogens is 206 g/mol. The summed E-state index contributed by atoms with van der Waals surface area (Å²) in [5.74, 6) is 0.0330. The summed E-state index contributed by atoms with van der Waals surface area (Å²) in [6.45, 7) is 0. The zero-order valence-corrected chi connectivity index (χ0v) is 10.0. The van der Waals surface area contributed by atoms with Crippen LogP contribution in [0.1, 0.15) is 18.5 Å². The minimum atomic E-state index is -0.119. The number of aryl methyl sites for hydroxylation is 2. The SMILES string of the molecule is CNC(=O)[C@H](CCCc1cnnn1C)NC. The van der Waals surface area contributed by atoms with E-state index in [9.17, 15) is 4.79 Å². The molecule has 1 aromatic heterocycles. The van der Waals surface area contributed by atoms with Crippen LogP contribution in [0.3, 0.4) is 0 Å². The number of carbonyl (C=O) groups is 1. The number of hydrogen-bond donors (Lipinski definition) is 2. The molecule has 0 bridgehead atoms. The van der Waals surface area contributed by atoms with Crippen molar-refractivity contribution in [1.82, 2.24) is 25.6 Å². The van der Waals surface area contributed by atoms with Crippen molar-refractivity contribution in [2.24, 2.45) is 7.05 Å². The maximum atomic E-state index is 11.4. The molecule has 1 amide bonds. The van der Waals surface area contributed by atoms with Gasteiger partial charge in [-0.3, -0.25) is 9.48 Å². The van der Waals surface area contributed by atoms with E-state index < -0.39 is 0 Å². The van der Waals surface area contributed by atoms with Gasteiger partial charge in [-0.25, -0.2) is 0 Å². The van der Waals surface area contributed by atoms with Crippen LogP contribution in [0.15, 0.2) is 6.20 Å². The Hall–Kier alpha value is -1.43. The summed E-state index contributed by atoms with van der Waals surface area (Å²) in [4.78, 5) is 11.4. The third-order valence-corrected chi connectivity index (χ3v) is 2.65. The van der Waals surface area contributed by atoms with Crippen LogP contribution >= 0.6 is 0 Å². The average Bonchev–Trinajstić information content (AvgIpc) is 2.69. The highest BCUT2D eigenvalue weighted by Gasteiger charge is 2.14. The molecule has 16 heavy (non-hydrogen) atoms. The first kappa shape index (κ1) is 12.6. The minimum Gasteiger partial charge on any atom is -0.358 e. The molecule has 0 unspecified atom stereocenters. The zero-order valence-electron chi connectivity index (χ0n) is 10.0. The highest BCUT2D eigenvalue weighted by Crippen LogP contribution is 2.04. The Kier molecular flexibility index (Phi) is 4.91. The molecule has 0 aliphatic rings. The van der Waals surface area contributed by atoms with Gasteiger partial charge in [0.05, 0.1) is 17.9 Å². The lowest BCUT2D eigenvalue weighted by Gasteiger charge is -2.13. The van der Waals surface area contributed by atoms with Crippen LogP contribution in [0, 0.1) is 0 Å². The van der Waals surface area contributed by atoms with E-state index in [2.05, 4.69) is 20.9 Å². The van der Waals surface area contributed by atoms with Crippen LogP contribution in [0.25, 0.3) is 0 Å². The summed E-state index contributed by atoms with van der Waals surface area (Å²) < 4.78 is 1.76. The van der Waals surface area contributed by atoms with Gasteiger partial charge < -0.3 is 10.6 Å². The molecular formula is C10H19N5O. The second-order valence-electron chi connectivity index (χ2n) is 3.70. The van der Waals surface area contributed by atoms with Gasteiger partial charge >= 0.3 is 0 Å². The first-order valence-corrected chi connectivity index (χ1v) is 5.41. The Morgan fingerprint density at radius 2 is 2.31 bits per heavy atom. The molecule has 1 heterocycles. The third kappa shape index (κ3) is 3.30. The number of nitrogens with zero attached hydrogens (tertiary/aromatic N) is 3. The molecule has 0 saturated heterocycles. The second kappa shape index (κ2) is 6.22. The monoisotopic (exact) mass is 225 g/mol. The van der Waals surface area contributed by atoms with Crippen LogP contribution in [-0.4, -0.2) is 41.0 Å². The van der Waals surface area contributed by atoms with E-state index in [0.29, 0.717) is 0 Å². The van der Waals surface area contributed by atoms with E-state index >= 15 is 0 Å². The Labute approximate surface area is 95.4 Å². The number of aromatic nitrogens is 3. The maximum Gasteiger partial charge on any atom is 0.236 e. The van der Waals surface area contributed by atoms with Crippen molar-refractivity contribution >= 4 is 5.91 Å². The maximum absolute atomic E-state index is 11.4. The van der Waals surface area contributed by atoms with E-state index in [0.717, 1.165) is 25.0 Å². The van der Waals surface area contributed by atoms with Crippen molar-refractivity contribution in [3.63, 3.8) is 0 Å². The van der Waals surface area contributed by atoms with Crippen LogP contribution in [0.4, 0.5) is 0 Å². The van der Waals surface area contributed by atoms with Crippen molar-refractivity contribution < 1.29 is 4.79 Å². The molecule has 0 fully saturated rings. The predicted octanol–water partition coefficient (Wildman–Crippen LogP) is -0.528. The molecule has 0 aromatic carbocycles. The second-order valence-corrected chi connectivity index (χ2v) is 3.70. The molecule has 0 saturated carbocycles. The zero-order chi connectivity index (χ0) is 12.0. The molecule has 0 radical (unpaired) electrons. The van der Waals surface area contributed by atoms with E-state index in [1.807, 2.05) is 7.05 Å². The molecule has 2 N–H and O–H groups in total. The molecule has 0 aliphatic heterocycles. The Bertz CT molecular complexity index is 336. The molecule has 6 nitrogen and oxygen atoms in total. The van der Waals surface area contributed by atoms with Gasteiger partial charge in [0, 0.05) is 14.1 Å². The van der Waals surface area contributed by atoms with Crippen molar-refractivity contribution in [3.05, 3.63) is 11.9 Å². The van der Waals surface area contributed by atoms with Crippen LogP contribution in [-0.2, 0) is 18.3 Å². The fourth-order valence-electron chi connectivity index (χ4n) is 1.61. The standard InChI is InChI=1S/C10H19N5O/c1-11-9(10(16)12-2)6-4-5-8-7-13-14-15(8)3/h7,9,11H,4-6H2,1-3H3,(H,12,16)/t9-/m0/s1. The summed E-state index contributed by atoms with van der Waals surface area (Å²) in [5.41, 5.74) is 1.09.